The van der Waals surface area contributed by atoms with E-state index in [4.69, 9.17) is 9.26 Å². The van der Waals surface area contributed by atoms with Crippen LogP contribution in [0, 0.1) is 0 Å². The summed E-state index contributed by atoms with van der Waals surface area (Å²) in [6.07, 6.45) is 3.43. The molecule has 2 unspecified atom stereocenters. The van der Waals surface area contributed by atoms with Crippen LogP contribution in [0.15, 0.2) is 28.8 Å². The highest BCUT2D eigenvalue weighted by atomic mass is 16.5. The van der Waals surface area contributed by atoms with Gasteiger partial charge in [-0.15, -0.1) is 0 Å². The minimum atomic E-state index is -0.192. The van der Waals surface area contributed by atoms with E-state index in [2.05, 4.69) is 28.4 Å². The van der Waals surface area contributed by atoms with Gasteiger partial charge in [-0.1, -0.05) is 23.4 Å². The Morgan fingerprint density at radius 3 is 3.05 bits per heavy atom. The molecule has 110 valence electrons. The molecule has 0 aliphatic carbocycles. The molecule has 0 amide bonds. The number of hydrogen-bond acceptors (Lipinski definition) is 5. The lowest BCUT2D eigenvalue weighted by Gasteiger charge is -2.31. The molecular formula is C16H19N3O2. The predicted octanol–water partition coefficient (Wildman–Crippen LogP) is 2.58. The maximum absolute atomic E-state index is 5.71. The van der Waals surface area contributed by atoms with Crippen LogP contribution in [-0.4, -0.2) is 23.3 Å². The molecule has 2 atom stereocenters. The lowest BCUT2D eigenvalue weighted by molar-refractivity contribution is 0.206. The summed E-state index contributed by atoms with van der Waals surface area (Å²) in [5, 5.41) is 7.72. The summed E-state index contributed by atoms with van der Waals surface area (Å²) in [5.74, 6) is 2.42. The van der Waals surface area contributed by atoms with Crippen LogP contribution in [0.1, 0.15) is 49.4 Å². The van der Waals surface area contributed by atoms with Crippen LogP contribution < -0.4 is 10.1 Å². The highest BCUT2D eigenvalue weighted by Gasteiger charge is 2.36. The van der Waals surface area contributed by atoms with E-state index >= 15 is 0 Å². The third kappa shape index (κ3) is 2.12. The van der Waals surface area contributed by atoms with Gasteiger partial charge in [-0.05, 0) is 38.8 Å². The number of ether oxygens (including phenoxy) is 1. The summed E-state index contributed by atoms with van der Waals surface area (Å²) in [5.41, 5.74) is 0.953. The molecule has 21 heavy (non-hydrogen) atoms. The molecule has 5 heteroatoms. The van der Waals surface area contributed by atoms with Crippen molar-refractivity contribution in [2.45, 2.75) is 37.6 Å². The van der Waals surface area contributed by atoms with Gasteiger partial charge in [-0.3, -0.25) is 0 Å². The van der Waals surface area contributed by atoms with Crippen molar-refractivity contribution >= 4 is 0 Å². The topological polar surface area (TPSA) is 60.2 Å². The first-order valence-corrected chi connectivity index (χ1v) is 7.57. The molecule has 0 radical (unpaired) electrons. The lowest BCUT2D eigenvalue weighted by atomic mass is 9.91. The first kappa shape index (κ1) is 12.8. The number of fused-ring (bicyclic) bond motifs is 1. The molecule has 2 aromatic rings. The number of nitrogens with one attached hydrogen (secondary N) is 1. The molecule has 3 heterocycles. The summed E-state index contributed by atoms with van der Waals surface area (Å²) in [4.78, 5) is 4.67. The molecule has 2 aliphatic heterocycles. The molecule has 2 aliphatic rings. The second kappa shape index (κ2) is 4.84. The molecular weight excluding hydrogens is 266 g/mol. The fourth-order valence-corrected chi connectivity index (χ4v) is 3.22. The molecule has 1 saturated heterocycles. The zero-order valence-electron chi connectivity index (χ0n) is 12.1. The van der Waals surface area contributed by atoms with Crippen LogP contribution in [0.2, 0.25) is 0 Å². The van der Waals surface area contributed by atoms with Crippen LogP contribution >= 0.6 is 0 Å². The summed E-state index contributed by atoms with van der Waals surface area (Å²) in [6, 6.07) is 8.06. The SMILES string of the molecule is CC1(c2nc(C3COc4ccccc43)no2)CCCCN1. The Balaban J connectivity index is 1.64. The van der Waals surface area contributed by atoms with Gasteiger partial charge in [-0.25, -0.2) is 0 Å². The number of para-hydroxylation sites is 1. The number of benzene rings is 1. The highest BCUT2D eigenvalue weighted by Crippen LogP contribution is 2.37. The highest BCUT2D eigenvalue weighted by molar-refractivity contribution is 5.42. The van der Waals surface area contributed by atoms with Crippen LogP contribution in [0.25, 0.3) is 0 Å². The molecule has 0 bridgehead atoms. The largest absolute Gasteiger partial charge is 0.492 e. The minimum Gasteiger partial charge on any atom is -0.492 e. The Morgan fingerprint density at radius 1 is 1.29 bits per heavy atom. The molecule has 1 N–H and O–H groups in total. The first-order valence-electron chi connectivity index (χ1n) is 7.57. The fourth-order valence-electron chi connectivity index (χ4n) is 3.22. The Hall–Kier alpha value is -1.88. The number of rotatable bonds is 2. The molecule has 1 aromatic heterocycles. The number of hydrogen-bond donors (Lipinski definition) is 1. The molecule has 4 rings (SSSR count). The maximum Gasteiger partial charge on any atom is 0.246 e. The lowest BCUT2D eigenvalue weighted by Crippen LogP contribution is -2.43. The van der Waals surface area contributed by atoms with Crippen molar-refractivity contribution in [3.63, 3.8) is 0 Å². The van der Waals surface area contributed by atoms with Crippen molar-refractivity contribution in [3.8, 4) is 5.75 Å². The zero-order valence-corrected chi connectivity index (χ0v) is 12.1. The summed E-state index contributed by atoms with van der Waals surface area (Å²) >= 11 is 0. The van der Waals surface area contributed by atoms with Crippen LogP contribution in [0.3, 0.4) is 0 Å². The van der Waals surface area contributed by atoms with Gasteiger partial charge in [-0.2, -0.15) is 4.98 Å². The van der Waals surface area contributed by atoms with Crippen LogP contribution in [-0.2, 0) is 5.54 Å². The van der Waals surface area contributed by atoms with Crippen molar-refractivity contribution in [2.75, 3.05) is 13.2 Å². The van der Waals surface area contributed by atoms with E-state index in [1.165, 1.54) is 12.8 Å². The summed E-state index contributed by atoms with van der Waals surface area (Å²) in [6.45, 7) is 3.73. The van der Waals surface area contributed by atoms with Gasteiger partial charge < -0.3 is 14.6 Å². The smallest absolute Gasteiger partial charge is 0.246 e. The summed E-state index contributed by atoms with van der Waals surface area (Å²) < 4.78 is 11.3. The monoisotopic (exact) mass is 285 g/mol. The standard InChI is InChI=1S/C16H19N3O2/c1-16(8-4-5-9-17-16)15-18-14(19-21-15)12-10-20-13-7-3-2-6-11(12)13/h2-3,6-7,12,17H,4-5,8-10H2,1H3. The van der Waals surface area contributed by atoms with Gasteiger partial charge >= 0.3 is 0 Å². The number of piperidine rings is 1. The van der Waals surface area contributed by atoms with E-state index in [0.29, 0.717) is 12.5 Å². The van der Waals surface area contributed by atoms with Gasteiger partial charge in [0.25, 0.3) is 0 Å². The Bertz CT molecular complexity index is 646. The fraction of sp³-hybridized carbons (Fsp3) is 0.500. The molecule has 1 aromatic carbocycles. The third-order valence-corrected chi connectivity index (χ3v) is 4.54. The quantitative estimate of drug-likeness (QED) is 0.919. The normalized spacial score (nSPS) is 28.1. The molecule has 1 fully saturated rings. The van der Waals surface area contributed by atoms with Crippen molar-refractivity contribution in [2.24, 2.45) is 0 Å². The van der Waals surface area contributed by atoms with E-state index in [9.17, 15) is 0 Å². The Kier molecular flexibility index (Phi) is 2.96. The van der Waals surface area contributed by atoms with Gasteiger partial charge in [0.1, 0.15) is 12.4 Å². The van der Waals surface area contributed by atoms with E-state index in [1.807, 2.05) is 18.2 Å². The zero-order chi connectivity index (χ0) is 14.3. The van der Waals surface area contributed by atoms with E-state index in [-0.39, 0.29) is 11.5 Å². The Morgan fingerprint density at radius 2 is 2.19 bits per heavy atom. The molecule has 0 spiro atoms. The third-order valence-electron chi connectivity index (χ3n) is 4.54. The van der Waals surface area contributed by atoms with Crippen molar-refractivity contribution in [1.29, 1.82) is 0 Å². The van der Waals surface area contributed by atoms with Gasteiger partial charge in [0, 0.05) is 5.56 Å². The molecule has 0 saturated carbocycles. The van der Waals surface area contributed by atoms with Gasteiger partial charge in [0.2, 0.25) is 5.89 Å². The van der Waals surface area contributed by atoms with Gasteiger partial charge in [0.15, 0.2) is 5.82 Å². The van der Waals surface area contributed by atoms with Gasteiger partial charge in [0.05, 0.1) is 11.5 Å². The predicted molar refractivity (Wildman–Crippen MR) is 77.3 cm³/mol. The number of nitrogens with zero attached hydrogens (tertiary/aromatic N) is 2. The second-order valence-corrected chi connectivity index (χ2v) is 6.08. The van der Waals surface area contributed by atoms with Crippen LogP contribution in [0.5, 0.6) is 5.75 Å². The second-order valence-electron chi connectivity index (χ2n) is 6.08. The van der Waals surface area contributed by atoms with E-state index in [1.54, 1.807) is 0 Å². The Labute approximate surface area is 123 Å². The van der Waals surface area contributed by atoms with E-state index < -0.39 is 0 Å². The average molecular weight is 285 g/mol. The van der Waals surface area contributed by atoms with E-state index in [0.717, 1.165) is 30.1 Å². The average Bonchev–Trinajstić information content (AvgIpc) is 3.15. The maximum atomic E-state index is 5.71. The molecule has 5 nitrogen and oxygen atoms in total. The van der Waals surface area contributed by atoms with Crippen molar-refractivity contribution < 1.29 is 9.26 Å². The first-order chi connectivity index (χ1) is 10.3. The van der Waals surface area contributed by atoms with Crippen molar-refractivity contribution in [1.82, 2.24) is 15.5 Å². The number of aromatic nitrogens is 2. The van der Waals surface area contributed by atoms with Crippen LogP contribution in [0.4, 0.5) is 0 Å². The minimum absolute atomic E-state index is 0.0749. The van der Waals surface area contributed by atoms with Crippen molar-refractivity contribution in [3.05, 3.63) is 41.5 Å². The summed E-state index contributed by atoms with van der Waals surface area (Å²) in [7, 11) is 0.